The Hall–Kier alpha value is -3.57. The number of esters is 1. The van der Waals surface area contributed by atoms with Crippen molar-refractivity contribution in [2.75, 3.05) is 26.9 Å². The first-order valence-corrected chi connectivity index (χ1v) is 16.2. The zero-order valence-corrected chi connectivity index (χ0v) is 27.9. The van der Waals surface area contributed by atoms with E-state index in [2.05, 4.69) is 10.3 Å². The molecular formula is C35H48N2O9. The van der Waals surface area contributed by atoms with Crippen molar-refractivity contribution in [2.45, 2.75) is 91.4 Å². The summed E-state index contributed by atoms with van der Waals surface area (Å²) in [6.07, 6.45) is 3.16. The molecule has 1 amide bonds. The number of H-pyrrole nitrogens is 1. The van der Waals surface area contributed by atoms with E-state index < -0.39 is 47.4 Å². The van der Waals surface area contributed by atoms with Crippen LogP contribution in [0.25, 0.3) is 10.9 Å². The van der Waals surface area contributed by atoms with Gasteiger partial charge in [-0.3, -0.25) is 24.0 Å². The number of benzene rings is 1. The molecule has 11 nitrogen and oxygen atoms in total. The predicted molar refractivity (Wildman–Crippen MR) is 170 cm³/mol. The summed E-state index contributed by atoms with van der Waals surface area (Å²) >= 11 is 0. The van der Waals surface area contributed by atoms with E-state index in [1.165, 1.54) is 0 Å². The smallest absolute Gasteiger partial charge is 0.316 e. The highest BCUT2D eigenvalue weighted by atomic mass is 16.7. The third-order valence-electron chi connectivity index (χ3n) is 8.92. The fourth-order valence-corrected chi connectivity index (χ4v) is 6.07. The van der Waals surface area contributed by atoms with Crippen molar-refractivity contribution in [1.82, 2.24) is 10.3 Å². The zero-order chi connectivity index (χ0) is 33.6. The van der Waals surface area contributed by atoms with Gasteiger partial charge in [0.1, 0.15) is 16.9 Å². The molecule has 0 bridgehead atoms. The molecule has 1 saturated carbocycles. The van der Waals surface area contributed by atoms with Crippen LogP contribution in [-0.2, 0) is 33.4 Å². The average molecular weight is 641 g/mol. The molecule has 4 rings (SSSR count). The van der Waals surface area contributed by atoms with Crippen LogP contribution in [0.15, 0.2) is 24.3 Å². The Bertz CT molecular complexity index is 1430. The van der Waals surface area contributed by atoms with Gasteiger partial charge < -0.3 is 29.2 Å². The van der Waals surface area contributed by atoms with Gasteiger partial charge in [0.2, 0.25) is 5.91 Å². The number of carbonyl (C=O) groups is 5. The summed E-state index contributed by atoms with van der Waals surface area (Å²) in [5.41, 5.74) is 0.0123. The third kappa shape index (κ3) is 8.82. The van der Waals surface area contributed by atoms with Crippen molar-refractivity contribution < 1.29 is 42.9 Å². The topological polar surface area (TPSA) is 150 Å². The lowest BCUT2D eigenvalue weighted by atomic mass is 9.82. The maximum Gasteiger partial charge on any atom is 0.316 e. The van der Waals surface area contributed by atoms with Crippen molar-refractivity contribution in [3.63, 3.8) is 0 Å². The van der Waals surface area contributed by atoms with Gasteiger partial charge in [0.25, 0.3) is 0 Å². The van der Waals surface area contributed by atoms with Gasteiger partial charge in [0.05, 0.1) is 32.1 Å². The summed E-state index contributed by atoms with van der Waals surface area (Å²) in [5, 5.41) is 3.61. The first-order chi connectivity index (χ1) is 21.7. The number of nitrogens with one attached hydrogen (secondary N) is 2. The molecule has 3 atom stereocenters. The number of ketones is 3. The number of hydrogen-bond donors (Lipinski definition) is 2. The van der Waals surface area contributed by atoms with Crippen LogP contribution in [-0.4, -0.2) is 73.0 Å². The lowest BCUT2D eigenvalue weighted by Gasteiger charge is -2.39. The van der Waals surface area contributed by atoms with Gasteiger partial charge in [0.15, 0.2) is 24.0 Å². The van der Waals surface area contributed by atoms with Crippen molar-refractivity contribution in [1.29, 1.82) is 0 Å². The van der Waals surface area contributed by atoms with E-state index in [-0.39, 0.29) is 49.5 Å². The SMILES string of the molecule is COc1cccc2[nH]c(C(=O)C[C@@H](CC(C)C)C(=O)N[C@@H](C[C@@H]3CCCCC3=O)C(=O)COC(=O)C3(C)COC(C)(C)OC3)cc12. The molecule has 1 aliphatic carbocycles. The molecule has 1 aromatic carbocycles. The maximum atomic E-state index is 13.8. The highest BCUT2D eigenvalue weighted by Gasteiger charge is 2.44. The van der Waals surface area contributed by atoms with Gasteiger partial charge in [-0.25, -0.2) is 0 Å². The first kappa shape index (κ1) is 35.3. The van der Waals surface area contributed by atoms with Crippen molar-refractivity contribution >= 4 is 40.1 Å². The van der Waals surface area contributed by atoms with Crippen LogP contribution < -0.4 is 10.1 Å². The van der Waals surface area contributed by atoms with E-state index in [0.29, 0.717) is 30.7 Å². The van der Waals surface area contributed by atoms with Crippen LogP contribution >= 0.6 is 0 Å². The average Bonchev–Trinajstić information content (AvgIpc) is 3.46. The van der Waals surface area contributed by atoms with E-state index in [0.717, 1.165) is 23.7 Å². The van der Waals surface area contributed by atoms with Crippen molar-refractivity contribution in [3.8, 4) is 5.75 Å². The highest BCUT2D eigenvalue weighted by molar-refractivity contribution is 6.02. The summed E-state index contributed by atoms with van der Waals surface area (Å²) in [5.74, 6) is -3.01. The molecule has 0 unspecified atom stereocenters. The number of ether oxygens (including phenoxy) is 4. The van der Waals surface area contributed by atoms with Crippen LogP contribution in [0.1, 0.15) is 90.1 Å². The molecule has 2 N–H and O–H groups in total. The second-order valence-electron chi connectivity index (χ2n) is 13.8. The molecule has 1 aliphatic heterocycles. The highest BCUT2D eigenvalue weighted by Crippen LogP contribution is 2.31. The van der Waals surface area contributed by atoms with Crippen molar-refractivity contribution in [3.05, 3.63) is 30.0 Å². The summed E-state index contributed by atoms with van der Waals surface area (Å²) in [4.78, 5) is 69.6. The van der Waals surface area contributed by atoms with Crippen LogP contribution in [0.5, 0.6) is 5.75 Å². The summed E-state index contributed by atoms with van der Waals surface area (Å²) in [6, 6.07) is 6.14. The van der Waals surface area contributed by atoms with E-state index >= 15 is 0 Å². The van der Waals surface area contributed by atoms with Gasteiger partial charge >= 0.3 is 5.97 Å². The minimum atomic E-state index is -1.09. The Kier molecular flexibility index (Phi) is 11.4. The van der Waals surface area contributed by atoms with E-state index in [9.17, 15) is 24.0 Å². The van der Waals surface area contributed by atoms with Gasteiger partial charge in [-0.15, -0.1) is 0 Å². The molecular weight excluding hydrogens is 592 g/mol. The number of amides is 1. The van der Waals surface area contributed by atoms with Gasteiger partial charge in [0, 0.05) is 35.6 Å². The summed E-state index contributed by atoms with van der Waals surface area (Å²) < 4.78 is 22.1. The van der Waals surface area contributed by atoms with Crippen LogP contribution in [0.2, 0.25) is 0 Å². The van der Waals surface area contributed by atoms with Gasteiger partial charge in [-0.05, 0) is 70.6 Å². The first-order valence-electron chi connectivity index (χ1n) is 16.2. The number of carbonyl (C=O) groups excluding carboxylic acids is 5. The van der Waals surface area contributed by atoms with E-state index in [1.807, 2.05) is 32.0 Å². The summed E-state index contributed by atoms with van der Waals surface area (Å²) in [7, 11) is 1.56. The molecule has 252 valence electrons. The molecule has 1 saturated heterocycles. The van der Waals surface area contributed by atoms with E-state index in [4.69, 9.17) is 18.9 Å². The Morgan fingerprint density at radius 1 is 1.09 bits per heavy atom. The lowest BCUT2D eigenvalue weighted by molar-refractivity contribution is -0.281. The monoisotopic (exact) mass is 640 g/mol. The second kappa shape index (κ2) is 14.9. The van der Waals surface area contributed by atoms with Gasteiger partial charge in [-0.2, -0.15) is 0 Å². The largest absolute Gasteiger partial charge is 0.496 e. The molecule has 0 spiro atoms. The quantitative estimate of drug-likeness (QED) is 0.216. The predicted octanol–water partition coefficient (Wildman–Crippen LogP) is 4.95. The van der Waals surface area contributed by atoms with Gasteiger partial charge in [-0.1, -0.05) is 26.3 Å². The number of aromatic amines is 1. The Morgan fingerprint density at radius 2 is 1.80 bits per heavy atom. The molecule has 2 aliphatic rings. The molecule has 46 heavy (non-hydrogen) atoms. The molecule has 1 aromatic heterocycles. The number of methoxy groups -OCH3 is 1. The molecule has 11 heteroatoms. The Morgan fingerprint density at radius 3 is 2.46 bits per heavy atom. The number of Topliss-reactive ketones (excluding diaryl/α,β-unsaturated/α-hetero) is 3. The van der Waals surface area contributed by atoms with Crippen LogP contribution in [0.3, 0.4) is 0 Å². The zero-order valence-electron chi connectivity index (χ0n) is 27.9. The standard InChI is InChI=1S/C35H48N2O9/c1-21(2)14-23(16-29(39)27-17-24-25(36-27)11-9-13-31(24)43-6)32(41)37-26(15-22-10-7-8-12-28(22)38)30(40)18-44-33(42)35(5)19-45-34(3,4)46-20-35/h9,11,13,17,21-23,26,36H,7-8,10,12,14-16,18-20H2,1-6H3,(H,37,41)/t22-,23+,26-/m0/s1. The molecule has 0 radical (unpaired) electrons. The van der Waals surface area contributed by atoms with Crippen LogP contribution in [0, 0.1) is 23.2 Å². The molecule has 2 heterocycles. The number of hydrogen-bond acceptors (Lipinski definition) is 9. The third-order valence-corrected chi connectivity index (χ3v) is 8.92. The normalized spacial score (nSPS) is 20.6. The fraction of sp³-hybridized carbons (Fsp3) is 0.629. The number of aromatic nitrogens is 1. The number of rotatable bonds is 14. The second-order valence-corrected chi connectivity index (χ2v) is 13.8. The summed E-state index contributed by atoms with van der Waals surface area (Å²) in [6.45, 7) is 8.62. The molecule has 2 aromatic rings. The van der Waals surface area contributed by atoms with Crippen LogP contribution in [0.4, 0.5) is 0 Å². The maximum absolute atomic E-state index is 13.8. The Labute approximate surface area is 270 Å². The Balaban J connectivity index is 1.48. The van der Waals surface area contributed by atoms with E-state index in [1.54, 1.807) is 33.9 Å². The molecule has 2 fully saturated rings. The lowest BCUT2D eigenvalue weighted by Crippen LogP contribution is -2.51. The minimum Gasteiger partial charge on any atom is -0.496 e. The van der Waals surface area contributed by atoms with Crippen molar-refractivity contribution in [2.24, 2.45) is 23.2 Å². The number of fused-ring (bicyclic) bond motifs is 1. The minimum absolute atomic E-state index is 0.0603. The fourth-order valence-electron chi connectivity index (χ4n) is 6.07.